The van der Waals surface area contributed by atoms with Crippen LogP contribution in [0.2, 0.25) is 0 Å². The van der Waals surface area contributed by atoms with E-state index in [1.54, 1.807) is 56.7 Å². The van der Waals surface area contributed by atoms with E-state index in [9.17, 15) is 14.4 Å². The fourth-order valence-corrected chi connectivity index (χ4v) is 2.25. The highest BCUT2D eigenvalue weighted by molar-refractivity contribution is 5.91. The molecule has 2 aromatic rings. The largest absolute Gasteiger partial charge is 0.486 e. The van der Waals surface area contributed by atoms with E-state index in [4.69, 9.17) is 14.2 Å². The predicted molar refractivity (Wildman–Crippen MR) is 111 cm³/mol. The van der Waals surface area contributed by atoms with Crippen LogP contribution in [-0.2, 0) is 25.6 Å². The summed E-state index contributed by atoms with van der Waals surface area (Å²) in [7, 11) is 1.71. The Hall–Kier alpha value is -2.67. The van der Waals surface area contributed by atoms with Crippen LogP contribution in [0.5, 0.6) is 5.75 Å². The lowest BCUT2D eigenvalue weighted by atomic mass is 10.2. The summed E-state index contributed by atoms with van der Waals surface area (Å²) in [6.07, 6.45) is 1.34. The zero-order valence-electron chi connectivity index (χ0n) is 18.3. The van der Waals surface area contributed by atoms with E-state index in [1.165, 1.54) is 0 Å². The molecule has 160 valence electrons. The first-order chi connectivity index (χ1) is 13.4. The van der Waals surface area contributed by atoms with Gasteiger partial charge in [-0.05, 0) is 59.7 Å². The molecule has 0 aliphatic rings. The number of nitrogens with zero attached hydrogens (tertiary/aromatic N) is 1. The molecule has 0 aliphatic heterocycles. The molecule has 0 bridgehead atoms. The second-order valence-electron chi connectivity index (χ2n) is 8.37. The molecule has 0 unspecified atom stereocenters. The van der Waals surface area contributed by atoms with Crippen molar-refractivity contribution in [2.75, 3.05) is 13.7 Å². The van der Waals surface area contributed by atoms with Crippen LogP contribution in [0, 0.1) is 0 Å². The molecule has 0 amide bonds. The third-order valence-electron chi connectivity index (χ3n) is 3.67. The number of fused-ring (bicyclic) bond motifs is 1. The van der Waals surface area contributed by atoms with Crippen molar-refractivity contribution in [1.82, 2.24) is 4.57 Å². The highest BCUT2D eigenvalue weighted by atomic mass is 16.6. The quantitative estimate of drug-likeness (QED) is 0.537. The third kappa shape index (κ3) is 8.48. The van der Waals surface area contributed by atoms with Crippen molar-refractivity contribution >= 4 is 29.4 Å². The number of benzene rings is 1. The average molecular weight is 405 g/mol. The smallest absolute Gasteiger partial charge is 0.326 e. The summed E-state index contributed by atoms with van der Waals surface area (Å²) in [5, 5.41) is 0.800. The Bertz CT molecular complexity index is 839. The van der Waals surface area contributed by atoms with E-state index in [0.29, 0.717) is 29.5 Å². The number of methoxy groups -OCH3 is 1. The Morgan fingerprint density at radius 1 is 1.03 bits per heavy atom. The van der Waals surface area contributed by atoms with Crippen LogP contribution >= 0.6 is 0 Å². The first-order valence-electron chi connectivity index (χ1n) is 9.32. The topological polar surface area (TPSA) is 83.8 Å². The number of hydrogen-bond acceptors (Lipinski definition) is 6. The van der Waals surface area contributed by atoms with Crippen LogP contribution in [0.4, 0.5) is 0 Å². The number of hydrogen-bond donors (Lipinski definition) is 0. The molecule has 0 aliphatic carbocycles. The molecule has 0 radical (unpaired) electrons. The van der Waals surface area contributed by atoms with Crippen LogP contribution in [0.15, 0.2) is 24.3 Å². The minimum atomic E-state index is -0.598. The maximum Gasteiger partial charge on any atom is 0.326 e. The van der Waals surface area contributed by atoms with E-state index in [0.717, 1.165) is 5.39 Å². The molecule has 2 rings (SSSR count). The van der Waals surface area contributed by atoms with Crippen LogP contribution < -0.4 is 4.74 Å². The Balaban J connectivity index is 0.000000612. The Morgan fingerprint density at radius 2 is 1.66 bits per heavy atom. The zero-order valence-corrected chi connectivity index (χ0v) is 18.3. The second-order valence-corrected chi connectivity index (χ2v) is 8.37. The highest BCUT2D eigenvalue weighted by Crippen LogP contribution is 2.24. The van der Waals surface area contributed by atoms with Crippen molar-refractivity contribution in [2.24, 2.45) is 0 Å². The number of rotatable bonds is 6. The summed E-state index contributed by atoms with van der Waals surface area (Å²) in [6.45, 7) is 11.3. The summed E-state index contributed by atoms with van der Waals surface area (Å²) in [5.74, 6) is 0.0582. The number of aromatic nitrogens is 1. The lowest BCUT2D eigenvalue weighted by Gasteiger charge is -2.20. The number of esters is 1. The molecule has 1 aromatic heterocycles. The lowest BCUT2D eigenvalue weighted by molar-refractivity contribution is -0.155. The molecule has 29 heavy (non-hydrogen) atoms. The molecule has 7 heteroatoms. The molecule has 0 saturated carbocycles. The molecule has 7 nitrogen and oxygen atoms in total. The van der Waals surface area contributed by atoms with Gasteiger partial charge in [0.25, 0.3) is 0 Å². The standard InChI is InChI=1S/C17H19NO5.C5H12O/c1-17(2,3)23-16(21)10-18-13(11-20)8-12-4-5-14(9-15(12)18)22-7-6-19;1-5(2,3)6-4/h4-6,8-9,11H,7,10H2,1-3H3;1-4H3. The lowest BCUT2D eigenvalue weighted by Crippen LogP contribution is -2.26. The van der Waals surface area contributed by atoms with Gasteiger partial charge in [-0.3, -0.25) is 14.4 Å². The molecule has 0 atom stereocenters. The highest BCUT2D eigenvalue weighted by Gasteiger charge is 2.19. The Kier molecular flexibility index (Phi) is 8.58. The molecule has 0 spiro atoms. The second kappa shape index (κ2) is 10.2. The minimum Gasteiger partial charge on any atom is -0.486 e. The van der Waals surface area contributed by atoms with E-state index in [2.05, 4.69) is 0 Å². The Morgan fingerprint density at radius 3 is 2.14 bits per heavy atom. The summed E-state index contributed by atoms with van der Waals surface area (Å²) in [6, 6.07) is 6.86. The average Bonchev–Trinajstić information content (AvgIpc) is 2.95. The molecule has 0 N–H and O–H groups in total. The molecule has 0 fully saturated rings. The van der Waals surface area contributed by atoms with Gasteiger partial charge in [0.05, 0.1) is 16.8 Å². The zero-order chi connectivity index (χ0) is 22.2. The fourth-order valence-electron chi connectivity index (χ4n) is 2.25. The van der Waals surface area contributed by atoms with Gasteiger partial charge in [-0.25, -0.2) is 0 Å². The summed E-state index contributed by atoms with van der Waals surface area (Å²) < 4.78 is 17.1. The molecule has 1 heterocycles. The van der Waals surface area contributed by atoms with Crippen molar-refractivity contribution in [3.8, 4) is 5.75 Å². The van der Waals surface area contributed by atoms with Gasteiger partial charge in [-0.2, -0.15) is 0 Å². The van der Waals surface area contributed by atoms with Gasteiger partial charge in [0.15, 0.2) is 12.6 Å². The van der Waals surface area contributed by atoms with E-state index in [-0.39, 0.29) is 18.8 Å². The van der Waals surface area contributed by atoms with E-state index in [1.807, 2.05) is 20.8 Å². The fraction of sp³-hybridized carbons (Fsp3) is 0.500. The van der Waals surface area contributed by atoms with Crippen LogP contribution in [0.25, 0.3) is 10.9 Å². The number of aldehydes is 2. The van der Waals surface area contributed by atoms with Gasteiger partial charge in [0, 0.05) is 18.6 Å². The van der Waals surface area contributed by atoms with Gasteiger partial charge >= 0.3 is 5.97 Å². The van der Waals surface area contributed by atoms with Gasteiger partial charge in [-0.1, -0.05) is 0 Å². The number of carbonyl (C=O) groups excluding carboxylic acids is 3. The molecule has 0 saturated heterocycles. The van der Waals surface area contributed by atoms with Crippen molar-refractivity contribution in [3.63, 3.8) is 0 Å². The molecular weight excluding hydrogens is 374 g/mol. The molecule has 1 aromatic carbocycles. The predicted octanol–water partition coefficient (Wildman–Crippen LogP) is 3.80. The van der Waals surface area contributed by atoms with Gasteiger partial charge in [0.1, 0.15) is 24.5 Å². The number of carbonyl (C=O) groups is 3. The third-order valence-corrected chi connectivity index (χ3v) is 3.67. The van der Waals surface area contributed by atoms with Crippen molar-refractivity contribution in [3.05, 3.63) is 30.0 Å². The van der Waals surface area contributed by atoms with Crippen LogP contribution in [0.3, 0.4) is 0 Å². The van der Waals surface area contributed by atoms with Crippen molar-refractivity contribution in [2.45, 2.75) is 59.3 Å². The van der Waals surface area contributed by atoms with Gasteiger partial charge < -0.3 is 18.8 Å². The van der Waals surface area contributed by atoms with E-state index >= 15 is 0 Å². The van der Waals surface area contributed by atoms with Gasteiger partial charge in [-0.15, -0.1) is 0 Å². The van der Waals surface area contributed by atoms with E-state index < -0.39 is 11.6 Å². The first-order valence-corrected chi connectivity index (χ1v) is 9.32. The normalized spacial score (nSPS) is 11.4. The summed E-state index contributed by atoms with van der Waals surface area (Å²) >= 11 is 0. The van der Waals surface area contributed by atoms with Crippen LogP contribution in [-0.4, -0.2) is 48.0 Å². The molecular formula is C22H31NO6. The monoisotopic (exact) mass is 405 g/mol. The maximum absolute atomic E-state index is 12.1. The number of ether oxygens (including phenoxy) is 3. The summed E-state index contributed by atoms with van der Waals surface area (Å²) in [4.78, 5) is 33.7. The maximum atomic E-state index is 12.1. The Labute approximate surface area is 171 Å². The van der Waals surface area contributed by atoms with Crippen molar-refractivity contribution in [1.29, 1.82) is 0 Å². The summed E-state index contributed by atoms with van der Waals surface area (Å²) in [5.41, 5.74) is 0.486. The van der Waals surface area contributed by atoms with Crippen molar-refractivity contribution < 1.29 is 28.6 Å². The SMILES string of the molecule is CC(C)(C)OC(=O)Cn1c(C=O)cc2ccc(OCC=O)cc21.COC(C)(C)C. The van der Waals surface area contributed by atoms with Gasteiger partial charge in [0.2, 0.25) is 0 Å². The first kappa shape index (κ1) is 24.4. The minimum absolute atomic E-state index is 0.0417. The van der Waals surface area contributed by atoms with Crippen LogP contribution in [0.1, 0.15) is 52.0 Å².